The molecule has 1 aromatic heterocycles. The van der Waals surface area contributed by atoms with E-state index in [0.29, 0.717) is 10.6 Å². The Morgan fingerprint density at radius 2 is 1.57 bits per heavy atom. The first-order chi connectivity index (χ1) is 13.5. The van der Waals surface area contributed by atoms with E-state index in [2.05, 4.69) is 15.7 Å². The van der Waals surface area contributed by atoms with Crippen LogP contribution in [-0.2, 0) is 11.3 Å². The van der Waals surface area contributed by atoms with Gasteiger partial charge in [-0.1, -0.05) is 35.9 Å². The number of H-pyrrole nitrogens is 1. The van der Waals surface area contributed by atoms with Crippen molar-refractivity contribution in [3.05, 3.63) is 79.8 Å². The first-order valence-corrected chi connectivity index (χ1v) is 8.86. The van der Waals surface area contributed by atoms with Crippen molar-refractivity contribution in [1.29, 1.82) is 0 Å². The van der Waals surface area contributed by atoms with E-state index >= 15 is 0 Å². The summed E-state index contributed by atoms with van der Waals surface area (Å²) in [5, 5.41) is 8.46. The van der Waals surface area contributed by atoms with Gasteiger partial charge in [0.1, 0.15) is 6.54 Å². The number of rotatable bonds is 6. The Morgan fingerprint density at radius 1 is 0.929 bits per heavy atom. The third-order valence-electron chi connectivity index (χ3n) is 4.04. The molecule has 0 aliphatic heterocycles. The van der Waals surface area contributed by atoms with Gasteiger partial charge in [-0.25, -0.2) is 4.68 Å². The molecular weight excluding hydrogens is 384 g/mol. The van der Waals surface area contributed by atoms with Gasteiger partial charge in [0.05, 0.1) is 21.4 Å². The molecule has 0 saturated heterocycles. The Kier molecular flexibility index (Phi) is 5.90. The summed E-state index contributed by atoms with van der Waals surface area (Å²) in [7, 11) is 0. The van der Waals surface area contributed by atoms with Crippen LogP contribution in [0.2, 0.25) is 5.02 Å². The molecule has 0 radical (unpaired) electrons. The monoisotopic (exact) mass is 400 g/mol. The zero-order valence-electron chi connectivity index (χ0n) is 14.7. The summed E-state index contributed by atoms with van der Waals surface area (Å²) in [6.45, 7) is -0.00209. The Hall–Kier alpha value is -3.39. The summed E-state index contributed by atoms with van der Waals surface area (Å²) in [6.07, 6.45) is 0. The maximum atomic E-state index is 12.4. The summed E-state index contributed by atoms with van der Waals surface area (Å²) in [5.74, 6) is -0.824. The van der Waals surface area contributed by atoms with Gasteiger partial charge in [0.15, 0.2) is 0 Å². The van der Waals surface area contributed by atoms with Crippen LogP contribution < -0.4 is 21.8 Å². The maximum Gasteiger partial charge on any atom is 0.273 e. The molecule has 0 unspecified atom stereocenters. The Morgan fingerprint density at radius 3 is 2.32 bits per heavy atom. The quantitative estimate of drug-likeness (QED) is 0.533. The van der Waals surface area contributed by atoms with Crippen molar-refractivity contribution in [3.8, 4) is 0 Å². The summed E-state index contributed by atoms with van der Waals surface area (Å²) in [5.41, 5.74) is -0.567. The lowest BCUT2D eigenvalue weighted by Crippen LogP contribution is -2.39. The number of halogens is 1. The minimum atomic E-state index is -0.472. The number of amides is 2. The number of nitrogens with zero attached hydrogens (tertiary/aromatic N) is 1. The maximum absolute atomic E-state index is 12.4. The first kappa shape index (κ1) is 19.4. The summed E-state index contributed by atoms with van der Waals surface area (Å²) >= 11 is 5.95. The van der Waals surface area contributed by atoms with E-state index in [0.717, 1.165) is 4.68 Å². The second-order valence-corrected chi connectivity index (χ2v) is 6.37. The fourth-order valence-electron chi connectivity index (χ4n) is 2.68. The number of nitrogens with one attached hydrogen (secondary N) is 3. The zero-order valence-corrected chi connectivity index (χ0v) is 15.5. The van der Waals surface area contributed by atoms with Crippen molar-refractivity contribution in [2.45, 2.75) is 6.54 Å². The molecule has 9 heteroatoms. The smallest absolute Gasteiger partial charge is 0.273 e. The van der Waals surface area contributed by atoms with Gasteiger partial charge in [0.2, 0.25) is 5.91 Å². The third-order valence-corrected chi connectivity index (χ3v) is 4.37. The van der Waals surface area contributed by atoms with Crippen LogP contribution in [0.25, 0.3) is 10.8 Å². The lowest BCUT2D eigenvalue weighted by molar-refractivity contribution is -0.121. The minimum Gasteiger partial charge on any atom is -0.353 e. The SMILES string of the molecule is O=C(Cn1[nH]c(=O)c2ccccc2c1=O)NCCNC(=O)c1ccccc1Cl. The lowest BCUT2D eigenvalue weighted by atomic mass is 10.2. The highest BCUT2D eigenvalue weighted by atomic mass is 35.5. The number of benzene rings is 2. The number of carbonyl (C=O) groups is 2. The van der Waals surface area contributed by atoms with E-state index in [1.165, 1.54) is 6.07 Å². The van der Waals surface area contributed by atoms with Crippen LogP contribution in [0, 0.1) is 0 Å². The second kappa shape index (κ2) is 8.53. The van der Waals surface area contributed by atoms with Crippen molar-refractivity contribution in [3.63, 3.8) is 0 Å². The number of aromatic amines is 1. The molecule has 0 fully saturated rings. The Bertz CT molecular complexity index is 1150. The molecule has 2 amide bonds. The molecule has 0 aliphatic rings. The second-order valence-electron chi connectivity index (χ2n) is 5.96. The Balaban J connectivity index is 1.55. The van der Waals surface area contributed by atoms with Crippen LogP contribution in [-0.4, -0.2) is 34.7 Å². The predicted octanol–water partition coefficient (Wildman–Crippen LogP) is 0.889. The predicted molar refractivity (Wildman–Crippen MR) is 106 cm³/mol. The summed E-state index contributed by atoms with van der Waals surface area (Å²) in [4.78, 5) is 48.5. The lowest BCUT2D eigenvalue weighted by Gasteiger charge is -2.09. The van der Waals surface area contributed by atoms with Gasteiger partial charge in [0, 0.05) is 13.1 Å². The van der Waals surface area contributed by atoms with E-state index in [1.54, 1.807) is 42.5 Å². The normalized spacial score (nSPS) is 10.6. The molecule has 3 aromatic rings. The summed E-state index contributed by atoms with van der Waals surface area (Å²) in [6, 6.07) is 13.0. The largest absolute Gasteiger partial charge is 0.353 e. The van der Waals surface area contributed by atoms with Crippen LogP contribution in [0.5, 0.6) is 0 Å². The highest BCUT2D eigenvalue weighted by Crippen LogP contribution is 2.14. The van der Waals surface area contributed by atoms with Gasteiger partial charge in [-0.2, -0.15) is 0 Å². The van der Waals surface area contributed by atoms with Gasteiger partial charge >= 0.3 is 0 Å². The van der Waals surface area contributed by atoms with Crippen LogP contribution in [0.1, 0.15) is 10.4 Å². The van der Waals surface area contributed by atoms with E-state index in [-0.39, 0.29) is 36.3 Å². The molecule has 2 aromatic carbocycles. The summed E-state index contributed by atoms with van der Waals surface area (Å²) < 4.78 is 0.961. The van der Waals surface area contributed by atoms with Crippen molar-refractivity contribution in [2.75, 3.05) is 13.1 Å². The molecule has 3 N–H and O–H groups in total. The molecule has 144 valence electrons. The fraction of sp³-hybridized carbons (Fsp3) is 0.158. The molecule has 0 aliphatic carbocycles. The van der Waals surface area contributed by atoms with Crippen molar-refractivity contribution < 1.29 is 9.59 Å². The van der Waals surface area contributed by atoms with Gasteiger partial charge in [0.25, 0.3) is 17.0 Å². The van der Waals surface area contributed by atoms with Gasteiger partial charge in [-0.3, -0.25) is 24.3 Å². The highest BCUT2D eigenvalue weighted by molar-refractivity contribution is 6.33. The van der Waals surface area contributed by atoms with Crippen LogP contribution in [0.15, 0.2) is 58.1 Å². The van der Waals surface area contributed by atoms with Crippen LogP contribution >= 0.6 is 11.6 Å². The molecule has 0 saturated carbocycles. The van der Waals surface area contributed by atoms with Gasteiger partial charge in [-0.05, 0) is 24.3 Å². The molecule has 28 heavy (non-hydrogen) atoms. The molecule has 3 rings (SSSR count). The number of fused-ring (bicyclic) bond motifs is 1. The van der Waals surface area contributed by atoms with Crippen molar-refractivity contribution >= 4 is 34.2 Å². The molecule has 0 spiro atoms. The van der Waals surface area contributed by atoms with Crippen molar-refractivity contribution in [2.24, 2.45) is 0 Å². The fourth-order valence-corrected chi connectivity index (χ4v) is 2.90. The topological polar surface area (TPSA) is 113 Å². The standard InChI is InChI=1S/C19H17ClN4O4/c20-15-8-4-3-7-14(15)17(26)22-10-9-21-16(25)11-24-19(28)13-6-2-1-5-12(13)18(27)23-24/h1-8H,9-11H2,(H,21,25)(H,22,26)(H,23,27). The van der Waals surface area contributed by atoms with Gasteiger partial charge < -0.3 is 10.6 Å². The zero-order chi connectivity index (χ0) is 20.1. The van der Waals surface area contributed by atoms with Crippen LogP contribution in [0.4, 0.5) is 0 Å². The molecule has 1 heterocycles. The molecule has 8 nitrogen and oxygen atoms in total. The Labute approximate surface area is 164 Å². The van der Waals surface area contributed by atoms with Crippen LogP contribution in [0.3, 0.4) is 0 Å². The average Bonchev–Trinajstić information content (AvgIpc) is 2.69. The van der Waals surface area contributed by atoms with E-state index in [1.807, 2.05) is 0 Å². The van der Waals surface area contributed by atoms with E-state index in [9.17, 15) is 19.2 Å². The minimum absolute atomic E-state index is 0.154. The third kappa shape index (κ3) is 4.29. The number of hydrogen-bond acceptors (Lipinski definition) is 4. The number of carbonyl (C=O) groups excluding carboxylic acids is 2. The van der Waals surface area contributed by atoms with E-state index < -0.39 is 17.0 Å². The molecule has 0 bridgehead atoms. The van der Waals surface area contributed by atoms with Gasteiger partial charge in [-0.15, -0.1) is 0 Å². The first-order valence-electron chi connectivity index (χ1n) is 8.48. The molecular formula is C19H17ClN4O4. The number of hydrogen-bond donors (Lipinski definition) is 3. The highest BCUT2D eigenvalue weighted by Gasteiger charge is 2.11. The van der Waals surface area contributed by atoms with E-state index in [4.69, 9.17) is 11.6 Å². The molecule has 0 atom stereocenters. The number of aromatic nitrogens is 2. The average molecular weight is 401 g/mol. The van der Waals surface area contributed by atoms with Crippen molar-refractivity contribution in [1.82, 2.24) is 20.4 Å².